The number of rotatable bonds is 8. The van der Waals surface area contributed by atoms with Crippen molar-refractivity contribution >= 4 is 17.9 Å². The Hall–Kier alpha value is -0.300. The highest BCUT2D eigenvalue weighted by molar-refractivity contribution is 7.94. The molecule has 0 saturated heterocycles. The van der Waals surface area contributed by atoms with Crippen LogP contribution in [-0.2, 0) is 14.2 Å². The van der Waals surface area contributed by atoms with E-state index < -0.39 is 0 Å². The summed E-state index contributed by atoms with van der Waals surface area (Å²) in [6.07, 6.45) is 0.836. The molecule has 0 aromatic rings. The zero-order chi connectivity index (χ0) is 12.6. The number of carbonyl (C=O) groups is 1. The molecule has 0 rings (SSSR count). The lowest BCUT2D eigenvalue weighted by molar-refractivity contribution is -0.432. The topological polar surface area (TPSA) is 67.8 Å². The van der Waals surface area contributed by atoms with E-state index in [0.29, 0.717) is 12.3 Å². The second kappa shape index (κ2) is 7.89. The van der Waals surface area contributed by atoms with Crippen molar-refractivity contribution < 1.29 is 19.4 Å². The van der Waals surface area contributed by atoms with E-state index in [4.69, 9.17) is 5.26 Å². The maximum Gasteiger partial charge on any atom is 0.222 e. The van der Waals surface area contributed by atoms with E-state index in [1.54, 1.807) is 0 Å². The van der Waals surface area contributed by atoms with E-state index in [2.05, 4.69) is 14.7 Å². The van der Waals surface area contributed by atoms with Gasteiger partial charge in [-0.05, 0) is 11.8 Å². The fourth-order valence-electron chi connectivity index (χ4n) is 0.942. The quantitative estimate of drug-likeness (QED) is 0.300. The summed E-state index contributed by atoms with van der Waals surface area (Å²) in [5.41, 5.74) is -0.119. The summed E-state index contributed by atoms with van der Waals surface area (Å²) in [7, 11) is 0. The monoisotopic (exact) mass is 251 g/mol. The summed E-state index contributed by atoms with van der Waals surface area (Å²) in [5, 5.41) is 14.4. The van der Waals surface area contributed by atoms with Crippen LogP contribution in [0.25, 0.3) is 0 Å². The van der Waals surface area contributed by atoms with Gasteiger partial charge in [0.1, 0.15) is 0 Å². The minimum Gasteiger partial charge on any atom is -0.355 e. The van der Waals surface area contributed by atoms with Crippen molar-refractivity contribution in [3.8, 4) is 0 Å². The third-order valence-corrected chi connectivity index (χ3v) is 3.39. The minimum absolute atomic E-state index is 0.0421. The van der Waals surface area contributed by atoms with Crippen LogP contribution >= 0.6 is 12.0 Å². The largest absolute Gasteiger partial charge is 0.355 e. The van der Waals surface area contributed by atoms with E-state index in [9.17, 15) is 4.79 Å². The third-order valence-electron chi connectivity index (χ3n) is 2.33. The van der Waals surface area contributed by atoms with E-state index in [1.165, 1.54) is 0 Å². The number of hydrogen-bond donors (Lipinski definition) is 2. The average Bonchev–Trinajstić information content (AvgIpc) is 2.25. The van der Waals surface area contributed by atoms with Crippen LogP contribution in [0.3, 0.4) is 0 Å². The van der Waals surface area contributed by atoms with Crippen LogP contribution in [0.15, 0.2) is 0 Å². The van der Waals surface area contributed by atoms with Gasteiger partial charge in [-0.3, -0.25) is 4.79 Å². The lowest BCUT2D eigenvalue weighted by Crippen LogP contribution is -2.38. The molecule has 16 heavy (non-hydrogen) atoms. The van der Waals surface area contributed by atoms with Crippen molar-refractivity contribution in [1.29, 1.82) is 0 Å². The molecule has 1 unspecified atom stereocenters. The molecule has 1 amide bonds. The standard InChI is InChI=1S/C10H21NO4S/c1-5-8(2)9(12)11-6-10(3,4)7-16-15-14-13/h8,13H,5-7H2,1-4H3,(H,11,12). The number of carbonyl (C=O) groups excluding carboxylic acids is 1. The van der Waals surface area contributed by atoms with Gasteiger partial charge >= 0.3 is 0 Å². The Kier molecular flexibility index (Phi) is 7.74. The molecule has 0 aromatic carbocycles. The van der Waals surface area contributed by atoms with Gasteiger partial charge in [-0.15, -0.1) is 4.33 Å². The molecule has 0 aliphatic carbocycles. The van der Waals surface area contributed by atoms with Crippen LogP contribution in [0.2, 0.25) is 0 Å². The predicted molar refractivity (Wildman–Crippen MR) is 63.5 cm³/mol. The predicted octanol–water partition coefficient (Wildman–Crippen LogP) is 2.24. The molecule has 0 radical (unpaired) electrons. The third kappa shape index (κ3) is 7.05. The summed E-state index contributed by atoms with van der Waals surface area (Å²) in [6.45, 7) is 8.45. The molecule has 6 heteroatoms. The Morgan fingerprint density at radius 1 is 1.56 bits per heavy atom. The van der Waals surface area contributed by atoms with Crippen molar-refractivity contribution in [2.45, 2.75) is 34.1 Å². The Morgan fingerprint density at radius 3 is 2.69 bits per heavy atom. The highest BCUT2D eigenvalue weighted by Gasteiger charge is 2.21. The van der Waals surface area contributed by atoms with E-state index in [-0.39, 0.29) is 17.2 Å². The van der Waals surface area contributed by atoms with E-state index >= 15 is 0 Å². The first kappa shape index (κ1) is 15.7. The van der Waals surface area contributed by atoms with Crippen LogP contribution in [0.4, 0.5) is 0 Å². The molecule has 0 bridgehead atoms. The zero-order valence-electron chi connectivity index (χ0n) is 10.3. The first-order valence-electron chi connectivity index (χ1n) is 5.30. The number of hydrogen-bond acceptors (Lipinski definition) is 5. The van der Waals surface area contributed by atoms with Crippen LogP contribution in [0.1, 0.15) is 34.1 Å². The summed E-state index contributed by atoms with van der Waals surface area (Å²) in [4.78, 5) is 11.5. The van der Waals surface area contributed by atoms with Crippen molar-refractivity contribution in [2.75, 3.05) is 12.3 Å². The zero-order valence-corrected chi connectivity index (χ0v) is 11.1. The fourth-order valence-corrected chi connectivity index (χ4v) is 1.45. The van der Waals surface area contributed by atoms with Gasteiger partial charge < -0.3 is 5.32 Å². The smallest absolute Gasteiger partial charge is 0.222 e. The van der Waals surface area contributed by atoms with Crippen molar-refractivity contribution in [3.05, 3.63) is 0 Å². The molecule has 0 fully saturated rings. The van der Waals surface area contributed by atoms with Crippen molar-refractivity contribution in [2.24, 2.45) is 11.3 Å². The normalized spacial score (nSPS) is 13.6. The van der Waals surface area contributed by atoms with Gasteiger partial charge in [0.2, 0.25) is 5.91 Å². The van der Waals surface area contributed by atoms with Gasteiger partial charge in [-0.25, -0.2) is 5.26 Å². The van der Waals surface area contributed by atoms with Crippen LogP contribution in [-0.4, -0.2) is 23.5 Å². The van der Waals surface area contributed by atoms with Gasteiger partial charge in [0, 0.05) is 30.3 Å². The molecule has 0 heterocycles. The number of nitrogens with one attached hydrogen (secondary N) is 1. The van der Waals surface area contributed by atoms with Crippen molar-refractivity contribution in [1.82, 2.24) is 5.32 Å². The van der Waals surface area contributed by atoms with Gasteiger partial charge in [-0.1, -0.05) is 32.7 Å². The molecule has 0 saturated carbocycles. The highest BCUT2D eigenvalue weighted by Crippen LogP contribution is 2.21. The molecule has 5 nitrogen and oxygen atoms in total. The minimum atomic E-state index is -0.119. The van der Waals surface area contributed by atoms with Gasteiger partial charge in [0.05, 0.1) is 0 Å². The lowest BCUT2D eigenvalue weighted by Gasteiger charge is -2.24. The van der Waals surface area contributed by atoms with E-state index in [0.717, 1.165) is 18.5 Å². The van der Waals surface area contributed by atoms with Gasteiger partial charge in [-0.2, -0.15) is 0 Å². The SMILES string of the molecule is CCC(C)C(=O)NCC(C)(C)CSOOO. The van der Waals surface area contributed by atoms with Gasteiger partial charge in [0.15, 0.2) is 0 Å². The molecule has 1 atom stereocenters. The van der Waals surface area contributed by atoms with Crippen LogP contribution < -0.4 is 5.32 Å². The Bertz CT molecular complexity index is 211. The molecular formula is C10H21NO4S. The molecule has 0 spiro atoms. The summed E-state index contributed by atoms with van der Waals surface area (Å²) in [6, 6.07) is 0. The number of amides is 1. The maximum absolute atomic E-state index is 11.5. The summed E-state index contributed by atoms with van der Waals surface area (Å²) >= 11 is 1.00. The second-order valence-electron chi connectivity index (χ2n) is 4.60. The average molecular weight is 251 g/mol. The lowest BCUT2D eigenvalue weighted by atomic mass is 9.96. The van der Waals surface area contributed by atoms with Crippen molar-refractivity contribution in [3.63, 3.8) is 0 Å². The molecule has 0 aliphatic rings. The molecule has 2 N–H and O–H groups in total. The second-order valence-corrected chi connectivity index (χ2v) is 5.26. The Morgan fingerprint density at radius 2 is 2.19 bits per heavy atom. The van der Waals surface area contributed by atoms with Gasteiger partial charge in [0.25, 0.3) is 0 Å². The highest BCUT2D eigenvalue weighted by atomic mass is 32.2. The van der Waals surface area contributed by atoms with Crippen LogP contribution in [0.5, 0.6) is 0 Å². The Balaban J connectivity index is 3.84. The first-order chi connectivity index (χ1) is 7.43. The maximum atomic E-state index is 11.5. The first-order valence-corrected chi connectivity index (χ1v) is 6.21. The Labute approximate surface area is 101 Å². The van der Waals surface area contributed by atoms with E-state index in [1.807, 2.05) is 27.7 Å². The van der Waals surface area contributed by atoms with Crippen LogP contribution in [0, 0.1) is 11.3 Å². The molecule has 0 aliphatic heterocycles. The fraction of sp³-hybridized carbons (Fsp3) is 0.900. The summed E-state index contributed by atoms with van der Waals surface area (Å²) in [5.74, 6) is 0.717. The molecular weight excluding hydrogens is 230 g/mol. The summed E-state index contributed by atoms with van der Waals surface area (Å²) < 4.78 is 4.30. The molecule has 0 aromatic heterocycles. The molecule has 96 valence electrons.